The maximum atomic E-state index is 13.2. The first-order chi connectivity index (χ1) is 18.5. The van der Waals surface area contributed by atoms with Crippen LogP contribution in [0.2, 0.25) is 0 Å². The number of hydrogen-bond donors (Lipinski definition) is 1. The molecule has 0 bridgehead atoms. The lowest BCUT2D eigenvalue weighted by atomic mass is 10.2. The van der Waals surface area contributed by atoms with Crippen molar-refractivity contribution in [2.75, 3.05) is 50.6 Å². The van der Waals surface area contributed by atoms with E-state index < -0.39 is 0 Å². The molecule has 0 aliphatic carbocycles. The second-order valence-electron chi connectivity index (χ2n) is 9.12. The number of rotatable bonds is 8. The monoisotopic (exact) mass is 513 g/mol. The molecular weight excluding hydrogens is 482 g/mol. The molecule has 3 aromatic heterocycles. The Morgan fingerprint density at radius 3 is 2.61 bits per heavy atom. The van der Waals surface area contributed by atoms with Gasteiger partial charge >= 0.3 is 0 Å². The van der Waals surface area contributed by atoms with Crippen molar-refractivity contribution < 1.29 is 4.84 Å². The Balaban J connectivity index is 1.49. The summed E-state index contributed by atoms with van der Waals surface area (Å²) in [4.78, 5) is 36.7. The normalized spacial score (nSPS) is 14.6. The molecule has 38 heavy (non-hydrogen) atoms. The molecule has 0 unspecified atom stereocenters. The van der Waals surface area contributed by atoms with Crippen LogP contribution < -0.4 is 15.8 Å². The summed E-state index contributed by atoms with van der Waals surface area (Å²) in [6.45, 7) is 10.0. The summed E-state index contributed by atoms with van der Waals surface area (Å²) in [7, 11) is 3.63. The number of hydrogen-bond acceptors (Lipinski definition) is 9. The van der Waals surface area contributed by atoms with E-state index in [2.05, 4.69) is 51.0 Å². The zero-order valence-corrected chi connectivity index (χ0v) is 21.8. The van der Waals surface area contributed by atoms with Crippen LogP contribution in [0.1, 0.15) is 12.6 Å². The molecule has 0 amide bonds. The van der Waals surface area contributed by atoms with Gasteiger partial charge in [-0.05, 0) is 50.4 Å². The van der Waals surface area contributed by atoms with E-state index in [-0.39, 0.29) is 12.1 Å². The number of nitrogens with one attached hydrogen (secondary N) is 1. The van der Waals surface area contributed by atoms with Gasteiger partial charge in [-0.1, -0.05) is 17.3 Å². The zero-order valence-electron chi connectivity index (χ0n) is 21.8. The first kappa shape index (κ1) is 25.2. The van der Waals surface area contributed by atoms with Crippen molar-refractivity contribution in [2.45, 2.75) is 13.5 Å². The number of piperazine rings is 1. The summed E-state index contributed by atoms with van der Waals surface area (Å²) >= 11 is 0. The molecule has 0 saturated carbocycles. The van der Waals surface area contributed by atoms with Gasteiger partial charge in [0.05, 0.1) is 12.2 Å². The van der Waals surface area contributed by atoms with Crippen LogP contribution in [0.5, 0.6) is 0 Å². The summed E-state index contributed by atoms with van der Waals surface area (Å²) in [5.41, 5.74) is 3.49. The van der Waals surface area contributed by atoms with Crippen LogP contribution in [-0.2, 0) is 11.4 Å². The molecule has 4 heterocycles. The van der Waals surface area contributed by atoms with Crippen molar-refractivity contribution in [3.05, 3.63) is 77.4 Å². The summed E-state index contributed by atoms with van der Waals surface area (Å²) in [5, 5.41) is 7.63. The molecule has 1 aliphatic rings. The maximum Gasteiger partial charge on any atom is 0.278 e. The Labute approximate surface area is 220 Å². The molecule has 1 fully saturated rings. The van der Waals surface area contributed by atoms with E-state index in [1.165, 1.54) is 17.5 Å². The minimum Gasteiger partial charge on any atom is -0.399 e. The van der Waals surface area contributed by atoms with Gasteiger partial charge < -0.3 is 20.0 Å². The number of allylic oxidation sites excluding steroid dienone is 1. The minimum absolute atomic E-state index is 0.225. The van der Waals surface area contributed by atoms with Gasteiger partial charge in [0.25, 0.3) is 5.56 Å². The van der Waals surface area contributed by atoms with Crippen LogP contribution in [0.3, 0.4) is 0 Å². The van der Waals surface area contributed by atoms with Crippen molar-refractivity contribution >= 4 is 34.1 Å². The molecule has 5 rings (SSSR count). The second-order valence-corrected chi connectivity index (χ2v) is 9.12. The number of benzene rings is 1. The zero-order chi connectivity index (χ0) is 26.6. The number of anilines is 3. The number of aromatic nitrogens is 5. The van der Waals surface area contributed by atoms with Crippen molar-refractivity contribution in [3.8, 4) is 5.82 Å². The van der Waals surface area contributed by atoms with Crippen LogP contribution in [0.15, 0.2) is 71.3 Å². The number of pyridine rings is 1. The van der Waals surface area contributed by atoms with Gasteiger partial charge in [-0.15, -0.1) is 6.58 Å². The highest BCUT2D eigenvalue weighted by Crippen LogP contribution is 2.22. The van der Waals surface area contributed by atoms with E-state index in [1.807, 2.05) is 30.3 Å². The fraction of sp³-hybridized carbons (Fsp3) is 0.296. The van der Waals surface area contributed by atoms with E-state index >= 15 is 0 Å². The van der Waals surface area contributed by atoms with Gasteiger partial charge in [-0.2, -0.15) is 4.98 Å². The molecule has 0 atom stereocenters. The Kier molecular flexibility index (Phi) is 7.18. The third-order valence-electron chi connectivity index (χ3n) is 6.52. The molecule has 0 spiro atoms. The average molecular weight is 514 g/mol. The molecule has 1 aliphatic heterocycles. The van der Waals surface area contributed by atoms with Gasteiger partial charge in [0, 0.05) is 43.8 Å². The van der Waals surface area contributed by atoms with Crippen LogP contribution in [0.4, 0.5) is 17.3 Å². The Hall–Kier alpha value is -4.51. The fourth-order valence-corrected chi connectivity index (χ4v) is 4.48. The highest BCUT2D eigenvalue weighted by Gasteiger charge is 2.19. The minimum atomic E-state index is -0.225. The highest BCUT2D eigenvalue weighted by atomic mass is 16.6. The smallest absolute Gasteiger partial charge is 0.278 e. The summed E-state index contributed by atoms with van der Waals surface area (Å²) in [5.74, 6) is 0.894. The largest absolute Gasteiger partial charge is 0.399 e. The first-order valence-electron chi connectivity index (χ1n) is 12.4. The predicted octanol–water partition coefficient (Wildman–Crippen LogP) is 3.03. The van der Waals surface area contributed by atoms with Gasteiger partial charge in [-0.3, -0.25) is 4.79 Å². The van der Waals surface area contributed by atoms with Gasteiger partial charge in [-0.25, -0.2) is 19.3 Å². The first-order valence-corrected chi connectivity index (χ1v) is 12.4. The molecule has 196 valence electrons. The lowest BCUT2D eigenvalue weighted by Crippen LogP contribution is -2.44. The maximum absolute atomic E-state index is 13.2. The van der Waals surface area contributed by atoms with E-state index in [9.17, 15) is 4.79 Å². The average Bonchev–Trinajstić information content (AvgIpc) is 3.20. The molecule has 0 radical (unpaired) electrons. The van der Waals surface area contributed by atoms with Crippen LogP contribution in [0.25, 0.3) is 16.9 Å². The second kappa shape index (κ2) is 10.9. The Morgan fingerprint density at radius 2 is 1.89 bits per heavy atom. The topological polar surface area (TPSA) is 106 Å². The predicted molar refractivity (Wildman–Crippen MR) is 150 cm³/mol. The molecule has 11 nitrogen and oxygen atoms in total. The van der Waals surface area contributed by atoms with Gasteiger partial charge in [0.2, 0.25) is 5.95 Å². The van der Waals surface area contributed by atoms with Crippen LogP contribution in [-0.4, -0.2) is 75.3 Å². The Bertz CT molecular complexity index is 1530. The SMILES string of the molecule is C=CCn1c(=O)c2cnc(Nc3ccc(N4CCN(C)CC4)cc3)nc2n1-c1cccc(C(C)=NOC)n1. The third kappa shape index (κ3) is 5.00. The third-order valence-corrected chi connectivity index (χ3v) is 6.52. The Morgan fingerprint density at radius 1 is 1.13 bits per heavy atom. The molecule has 11 heteroatoms. The van der Waals surface area contributed by atoms with Crippen molar-refractivity contribution in [2.24, 2.45) is 5.16 Å². The van der Waals surface area contributed by atoms with Crippen molar-refractivity contribution in [1.29, 1.82) is 0 Å². The van der Waals surface area contributed by atoms with E-state index in [0.717, 1.165) is 31.9 Å². The van der Waals surface area contributed by atoms with Gasteiger partial charge in [0.1, 0.15) is 18.2 Å². The summed E-state index contributed by atoms with van der Waals surface area (Å²) in [6.07, 6.45) is 3.20. The molecule has 1 saturated heterocycles. The van der Waals surface area contributed by atoms with Crippen molar-refractivity contribution in [3.63, 3.8) is 0 Å². The van der Waals surface area contributed by atoms with Gasteiger partial charge in [0.15, 0.2) is 11.5 Å². The lowest BCUT2D eigenvalue weighted by Gasteiger charge is -2.34. The van der Waals surface area contributed by atoms with E-state index in [0.29, 0.717) is 34.2 Å². The van der Waals surface area contributed by atoms with Crippen LogP contribution in [0, 0.1) is 0 Å². The number of fused-ring (bicyclic) bond motifs is 1. The summed E-state index contributed by atoms with van der Waals surface area (Å²) in [6, 6.07) is 13.7. The molecule has 1 aromatic carbocycles. The van der Waals surface area contributed by atoms with Crippen molar-refractivity contribution in [1.82, 2.24) is 29.2 Å². The molecule has 4 aromatic rings. The quantitative estimate of drug-likeness (QED) is 0.218. The lowest BCUT2D eigenvalue weighted by molar-refractivity contribution is 0.213. The summed E-state index contributed by atoms with van der Waals surface area (Å²) < 4.78 is 3.22. The highest BCUT2D eigenvalue weighted by molar-refractivity contribution is 5.96. The van der Waals surface area contributed by atoms with E-state index in [4.69, 9.17) is 14.8 Å². The standard InChI is InChI=1S/C27H31N9O2/c1-5-13-35-26(37)22-18-28-27(29-20-9-11-21(12-10-20)34-16-14-33(3)15-17-34)31-25(22)36(35)24-8-6-7-23(30-24)19(2)32-38-4/h5-12,18H,1,13-17H2,2-4H3,(H,28,29,31). The van der Waals surface area contributed by atoms with Crippen LogP contribution >= 0.6 is 0 Å². The molecule has 1 N–H and O–H groups in total. The fourth-order valence-electron chi connectivity index (χ4n) is 4.48. The number of likely N-dealkylation sites (N-methyl/N-ethyl adjacent to an activating group) is 1. The van der Waals surface area contributed by atoms with E-state index in [1.54, 1.807) is 23.9 Å². The number of oxime groups is 1. The molecular formula is C27H31N9O2. The number of nitrogens with zero attached hydrogens (tertiary/aromatic N) is 8.